The second-order valence-electron chi connectivity index (χ2n) is 3.95. The summed E-state index contributed by atoms with van der Waals surface area (Å²) in [4.78, 5) is 5.45. The maximum Gasteiger partial charge on any atom is 0.413 e. The summed E-state index contributed by atoms with van der Waals surface area (Å²) >= 11 is 0. The molecule has 9 heteroatoms. The van der Waals surface area contributed by atoms with Crippen molar-refractivity contribution in [1.82, 2.24) is 9.19 Å². The van der Waals surface area contributed by atoms with Gasteiger partial charge in [0.15, 0.2) is 6.61 Å². The average Bonchev–Trinajstić information content (AvgIpc) is 2.15. The minimum Gasteiger partial charge on any atom is -0.276 e. The van der Waals surface area contributed by atoms with Crippen LogP contribution in [0, 0.1) is 0 Å². The van der Waals surface area contributed by atoms with Crippen molar-refractivity contribution in [2.24, 2.45) is 0 Å². The van der Waals surface area contributed by atoms with E-state index in [9.17, 15) is 21.6 Å². The standard InChI is InChI=1S/C8H15F3N2O3S/c1-7-4-2-3-5-13(7)17(14,15)12-16-6-8(9,10)11/h7,12H,2-6H2,1H3. The van der Waals surface area contributed by atoms with E-state index in [4.69, 9.17) is 0 Å². The molecule has 0 aromatic rings. The highest BCUT2D eigenvalue weighted by Gasteiger charge is 2.32. The molecule has 0 amide bonds. The fourth-order valence-electron chi connectivity index (χ4n) is 1.66. The van der Waals surface area contributed by atoms with E-state index in [0.29, 0.717) is 19.4 Å². The first kappa shape index (κ1) is 14.7. The molecule has 1 aliphatic rings. The van der Waals surface area contributed by atoms with Gasteiger partial charge in [-0.2, -0.15) is 25.9 Å². The van der Waals surface area contributed by atoms with Crippen LogP contribution in [0.15, 0.2) is 0 Å². The first-order valence-corrected chi connectivity index (χ1v) is 6.63. The Morgan fingerprint density at radius 3 is 2.59 bits per heavy atom. The van der Waals surface area contributed by atoms with E-state index in [2.05, 4.69) is 4.84 Å². The van der Waals surface area contributed by atoms with Gasteiger partial charge in [0.05, 0.1) is 0 Å². The maximum absolute atomic E-state index is 11.8. The smallest absolute Gasteiger partial charge is 0.276 e. The molecule has 1 rings (SSSR count). The van der Waals surface area contributed by atoms with Crippen LogP contribution in [0.25, 0.3) is 0 Å². The van der Waals surface area contributed by atoms with Crippen LogP contribution in [0.2, 0.25) is 0 Å². The van der Waals surface area contributed by atoms with E-state index in [1.54, 1.807) is 6.92 Å². The average molecular weight is 276 g/mol. The zero-order chi connectivity index (χ0) is 13.1. The number of piperidine rings is 1. The van der Waals surface area contributed by atoms with Gasteiger partial charge < -0.3 is 0 Å². The Hall–Kier alpha value is -0.380. The summed E-state index contributed by atoms with van der Waals surface area (Å²) in [6, 6.07) is -0.226. The molecule has 1 unspecified atom stereocenters. The van der Waals surface area contributed by atoms with Gasteiger partial charge in [-0.3, -0.25) is 4.84 Å². The van der Waals surface area contributed by atoms with Crippen molar-refractivity contribution in [2.75, 3.05) is 13.2 Å². The molecule has 0 spiro atoms. The SMILES string of the molecule is CC1CCCCN1S(=O)(=O)NOCC(F)(F)F. The molecular formula is C8H15F3N2O3S. The molecule has 1 N–H and O–H groups in total. The van der Waals surface area contributed by atoms with Crippen LogP contribution in [0.5, 0.6) is 0 Å². The molecule has 1 atom stereocenters. The quantitative estimate of drug-likeness (QED) is 0.785. The van der Waals surface area contributed by atoms with Crippen molar-refractivity contribution in [3.05, 3.63) is 0 Å². The number of alkyl halides is 3. The summed E-state index contributed by atoms with van der Waals surface area (Å²) in [5.74, 6) is 0. The van der Waals surface area contributed by atoms with Crippen LogP contribution in [-0.4, -0.2) is 38.1 Å². The van der Waals surface area contributed by atoms with Gasteiger partial charge in [-0.1, -0.05) is 11.3 Å². The zero-order valence-electron chi connectivity index (χ0n) is 9.33. The number of halogens is 3. The summed E-state index contributed by atoms with van der Waals surface area (Å²) in [5, 5.41) is 0. The fraction of sp³-hybridized carbons (Fsp3) is 1.00. The van der Waals surface area contributed by atoms with Gasteiger partial charge in [-0.25, -0.2) is 0 Å². The van der Waals surface area contributed by atoms with E-state index in [1.165, 1.54) is 4.89 Å². The van der Waals surface area contributed by atoms with E-state index < -0.39 is 23.0 Å². The van der Waals surface area contributed by atoms with Crippen LogP contribution < -0.4 is 4.89 Å². The topological polar surface area (TPSA) is 58.6 Å². The van der Waals surface area contributed by atoms with Crippen molar-refractivity contribution < 1.29 is 26.4 Å². The maximum atomic E-state index is 11.8. The third kappa shape index (κ3) is 4.78. The lowest BCUT2D eigenvalue weighted by atomic mass is 10.1. The third-order valence-corrected chi connectivity index (χ3v) is 3.94. The first-order chi connectivity index (χ1) is 7.72. The number of hydrogen-bond donors (Lipinski definition) is 1. The molecule has 1 heterocycles. The molecule has 5 nitrogen and oxygen atoms in total. The number of nitrogens with zero attached hydrogens (tertiary/aromatic N) is 1. The van der Waals surface area contributed by atoms with Gasteiger partial charge in [0.25, 0.3) is 0 Å². The van der Waals surface area contributed by atoms with E-state index in [-0.39, 0.29) is 6.04 Å². The van der Waals surface area contributed by atoms with E-state index >= 15 is 0 Å². The zero-order valence-corrected chi connectivity index (χ0v) is 10.1. The molecule has 1 aliphatic heterocycles. The molecule has 1 saturated heterocycles. The van der Waals surface area contributed by atoms with Crippen molar-refractivity contribution in [3.8, 4) is 0 Å². The Balaban J connectivity index is 2.50. The minimum absolute atomic E-state index is 0.226. The van der Waals surface area contributed by atoms with Gasteiger partial charge in [0.1, 0.15) is 0 Å². The molecule has 0 bridgehead atoms. The van der Waals surface area contributed by atoms with Crippen molar-refractivity contribution in [2.45, 2.75) is 38.4 Å². The third-order valence-electron chi connectivity index (χ3n) is 2.45. The molecule has 17 heavy (non-hydrogen) atoms. The van der Waals surface area contributed by atoms with Gasteiger partial charge >= 0.3 is 16.4 Å². The van der Waals surface area contributed by atoms with Crippen LogP contribution in [0.3, 0.4) is 0 Å². The Morgan fingerprint density at radius 2 is 2.06 bits per heavy atom. The van der Waals surface area contributed by atoms with Crippen LogP contribution in [-0.2, 0) is 15.0 Å². The number of nitrogens with one attached hydrogen (secondary N) is 1. The second-order valence-corrected chi connectivity index (χ2v) is 5.53. The number of hydrogen-bond acceptors (Lipinski definition) is 3. The van der Waals surface area contributed by atoms with Crippen molar-refractivity contribution in [3.63, 3.8) is 0 Å². The van der Waals surface area contributed by atoms with Crippen molar-refractivity contribution in [1.29, 1.82) is 0 Å². The first-order valence-electron chi connectivity index (χ1n) is 5.19. The lowest BCUT2D eigenvalue weighted by molar-refractivity contribution is -0.181. The molecule has 0 saturated carbocycles. The molecule has 1 fully saturated rings. The summed E-state index contributed by atoms with van der Waals surface area (Å²) in [6.45, 7) is 0.364. The highest BCUT2D eigenvalue weighted by molar-refractivity contribution is 7.87. The summed E-state index contributed by atoms with van der Waals surface area (Å²) in [7, 11) is -3.99. The predicted molar refractivity (Wildman–Crippen MR) is 54.1 cm³/mol. The Bertz CT molecular complexity index is 344. The van der Waals surface area contributed by atoms with Crippen LogP contribution in [0.1, 0.15) is 26.2 Å². The van der Waals surface area contributed by atoms with Gasteiger partial charge in [0.2, 0.25) is 0 Å². The molecule has 0 aromatic heterocycles. The lowest BCUT2D eigenvalue weighted by Crippen LogP contribution is -2.48. The lowest BCUT2D eigenvalue weighted by Gasteiger charge is -2.31. The van der Waals surface area contributed by atoms with Gasteiger partial charge in [-0.15, -0.1) is 0 Å². The van der Waals surface area contributed by atoms with E-state index in [0.717, 1.165) is 10.7 Å². The Kier molecular flexibility index (Phi) is 4.76. The number of rotatable bonds is 4. The second kappa shape index (κ2) is 5.51. The molecule has 102 valence electrons. The highest BCUT2D eigenvalue weighted by Crippen LogP contribution is 2.19. The molecule has 0 aliphatic carbocycles. The summed E-state index contributed by atoms with van der Waals surface area (Å²) in [5.41, 5.74) is 0. The van der Waals surface area contributed by atoms with Gasteiger partial charge in [-0.05, 0) is 19.8 Å². The molecular weight excluding hydrogens is 261 g/mol. The normalized spacial score (nSPS) is 23.9. The molecule has 0 aromatic carbocycles. The largest absolute Gasteiger partial charge is 0.413 e. The van der Waals surface area contributed by atoms with E-state index in [1.807, 2.05) is 0 Å². The van der Waals surface area contributed by atoms with Crippen LogP contribution in [0.4, 0.5) is 13.2 Å². The Morgan fingerprint density at radius 1 is 1.41 bits per heavy atom. The van der Waals surface area contributed by atoms with Crippen LogP contribution >= 0.6 is 0 Å². The minimum atomic E-state index is -4.56. The highest BCUT2D eigenvalue weighted by atomic mass is 32.2. The monoisotopic (exact) mass is 276 g/mol. The van der Waals surface area contributed by atoms with Gasteiger partial charge in [0, 0.05) is 12.6 Å². The summed E-state index contributed by atoms with van der Waals surface area (Å²) in [6.07, 6.45) is -2.25. The Labute approximate surface area is 98.1 Å². The predicted octanol–water partition coefficient (Wildman–Crippen LogP) is 1.19. The molecule has 0 radical (unpaired) electrons. The summed E-state index contributed by atoms with van der Waals surface area (Å²) < 4.78 is 59.7. The fourth-order valence-corrected chi connectivity index (χ4v) is 2.91. The van der Waals surface area contributed by atoms with Crippen molar-refractivity contribution >= 4 is 10.2 Å².